The summed E-state index contributed by atoms with van der Waals surface area (Å²) in [6, 6.07) is 4.07. The third-order valence-corrected chi connectivity index (χ3v) is 5.32. The molecular formula is C17H19N7. The Bertz CT molecular complexity index is 846. The highest BCUT2D eigenvalue weighted by Crippen LogP contribution is 2.35. The highest BCUT2D eigenvalue weighted by Gasteiger charge is 2.38. The predicted octanol–water partition coefficient (Wildman–Crippen LogP) is 1.71. The lowest BCUT2D eigenvalue weighted by molar-refractivity contribution is 0.348. The van der Waals surface area contributed by atoms with Gasteiger partial charge in [0.1, 0.15) is 29.9 Å². The van der Waals surface area contributed by atoms with E-state index < -0.39 is 0 Å². The van der Waals surface area contributed by atoms with Gasteiger partial charge in [-0.1, -0.05) is 0 Å². The molecule has 2 aliphatic heterocycles. The van der Waals surface area contributed by atoms with Crippen molar-refractivity contribution in [1.82, 2.24) is 24.9 Å². The molecule has 24 heavy (non-hydrogen) atoms. The molecule has 3 aromatic heterocycles. The molecule has 0 aliphatic carbocycles. The van der Waals surface area contributed by atoms with Gasteiger partial charge in [-0.05, 0) is 30.4 Å². The number of rotatable bonds is 2. The second-order valence-electron chi connectivity index (χ2n) is 6.66. The van der Waals surface area contributed by atoms with E-state index in [1.54, 1.807) is 12.7 Å². The first-order valence-electron chi connectivity index (χ1n) is 8.42. The number of hydrogen-bond donors (Lipinski definition) is 1. The summed E-state index contributed by atoms with van der Waals surface area (Å²) in [5, 5.41) is 1.11. The molecule has 0 spiro atoms. The molecule has 7 heteroatoms. The maximum atomic E-state index is 4.55. The zero-order valence-corrected chi connectivity index (χ0v) is 13.3. The van der Waals surface area contributed by atoms with Gasteiger partial charge in [-0.25, -0.2) is 19.9 Å². The first-order valence-corrected chi connectivity index (χ1v) is 8.42. The molecule has 0 saturated carbocycles. The second-order valence-corrected chi connectivity index (χ2v) is 6.66. The van der Waals surface area contributed by atoms with E-state index in [-0.39, 0.29) is 0 Å². The highest BCUT2D eigenvalue weighted by molar-refractivity contribution is 5.87. The topological polar surface area (TPSA) is 73.8 Å². The van der Waals surface area contributed by atoms with E-state index in [4.69, 9.17) is 0 Å². The lowest BCUT2D eigenvalue weighted by atomic mass is 9.88. The van der Waals surface area contributed by atoms with E-state index in [9.17, 15) is 0 Å². The zero-order valence-electron chi connectivity index (χ0n) is 13.3. The first-order chi connectivity index (χ1) is 11.9. The summed E-state index contributed by atoms with van der Waals surface area (Å²) in [6.45, 7) is 4.25. The Morgan fingerprint density at radius 3 is 2.79 bits per heavy atom. The number of aromatic amines is 1. The van der Waals surface area contributed by atoms with Gasteiger partial charge in [0.2, 0.25) is 0 Å². The van der Waals surface area contributed by atoms with Crippen LogP contribution in [0.15, 0.2) is 37.2 Å². The molecule has 5 rings (SSSR count). The van der Waals surface area contributed by atoms with Crippen molar-refractivity contribution in [3.8, 4) is 0 Å². The molecule has 0 radical (unpaired) electrons. The van der Waals surface area contributed by atoms with Crippen molar-refractivity contribution in [3.05, 3.63) is 37.2 Å². The summed E-state index contributed by atoms with van der Waals surface area (Å²) in [7, 11) is 0. The third kappa shape index (κ3) is 2.19. The lowest BCUT2D eigenvalue weighted by Gasteiger charge is -2.35. The van der Waals surface area contributed by atoms with Crippen LogP contribution < -0.4 is 9.80 Å². The van der Waals surface area contributed by atoms with Gasteiger partial charge >= 0.3 is 0 Å². The van der Waals surface area contributed by atoms with E-state index in [0.29, 0.717) is 5.92 Å². The van der Waals surface area contributed by atoms with E-state index in [2.05, 4.69) is 40.8 Å². The number of piperidine rings is 1. The van der Waals surface area contributed by atoms with Gasteiger partial charge in [-0.15, -0.1) is 0 Å². The molecule has 7 nitrogen and oxygen atoms in total. The van der Waals surface area contributed by atoms with E-state index in [1.165, 1.54) is 6.42 Å². The molecule has 0 bridgehead atoms. The lowest BCUT2D eigenvalue weighted by Crippen LogP contribution is -2.40. The van der Waals surface area contributed by atoms with Crippen LogP contribution in [-0.4, -0.2) is 51.1 Å². The van der Waals surface area contributed by atoms with Crippen LogP contribution in [0, 0.1) is 11.8 Å². The van der Waals surface area contributed by atoms with Gasteiger partial charge in [0.05, 0.1) is 5.39 Å². The standard InChI is InChI=1S/C17H19N7/c1-5-19-16-14(1)17(22-11-21-16)23-6-3-12-7-24(9-13(12)8-23)15-2-4-18-10-20-15/h1-2,4-5,10-13H,3,6-9H2,(H,19,21,22)/t12?,13-/m0/s1. The molecule has 3 aromatic rings. The van der Waals surface area contributed by atoms with Gasteiger partial charge in [0.15, 0.2) is 0 Å². The van der Waals surface area contributed by atoms with Crippen LogP contribution in [-0.2, 0) is 0 Å². The quantitative estimate of drug-likeness (QED) is 0.774. The molecule has 1 unspecified atom stereocenters. The summed E-state index contributed by atoms with van der Waals surface area (Å²) in [6.07, 6.45) is 8.24. The average molecular weight is 321 g/mol. The maximum absolute atomic E-state index is 4.55. The van der Waals surface area contributed by atoms with Crippen LogP contribution in [0.3, 0.4) is 0 Å². The maximum Gasteiger partial charge on any atom is 0.142 e. The first kappa shape index (κ1) is 13.7. The molecule has 122 valence electrons. The molecule has 0 amide bonds. The van der Waals surface area contributed by atoms with Gasteiger partial charge in [-0.3, -0.25) is 0 Å². The number of nitrogens with one attached hydrogen (secondary N) is 1. The number of fused-ring (bicyclic) bond motifs is 2. The van der Waals surface area contributed by atoms with Crippen molar-refractivity contribution in [2.45, 2.75) is 6.42 Å². The Hall–Kier alpha value is -2.70. The fourth-order valence-electron chi connectivity index (χ4n) is 4.13. The monoisotopic (exact) mass is 321 g/mol. The zero-order chi connectivity index (χ0) is 15.9. The summed E-state index contributed by atoms with van der Waals surface area (Å²) in [4.78, 5) is 25.3. The van der Waals surface area contributed by atoms with Crippen molar-refractivity contribution < 1.29 is 0 Å². The van der Waals surface area contributed by atoms with Gasteiger partial charge < -0.3 is 14.8 Å². The Morgan fingerprint density at radius 1 is 0.958 bits per heavy atom. The minimum atomic E-state index is 0.651. The number of hydrogen-bond acceptors (Lipinski definition) is 6. The van der Waals surface area contributed by atoms with Crippen LogP contribution in [0.25, 0.3) is 11.0 Å². The van der Waals surface area contributed by atoms with Crippen molar-refractivity contribution in [2.75, 3.05) is 36.0 Å². The molecule has 2 fully saturated rings. The van der Waals surface area contributed by atoms with E-state index in [1.807, 2.05) is 18.5 Å². The van der Waals surface area contributed by atoms with E-state index in [0.717, 1.165) is 54.8 Å². The average Bonchev–Trinajstić information content (AvgIpc) is 3.28. The van der Waals surface area contributed by atoms with Crippen LogP contribution in [0.2, 0.25) is 0 Å². The predicted molar refractivity (Wildman–Crippen MR) is 91.9 cm³/mol. The summed E-state index contributed by atoms with van der Waals surface area (Å²) >= 11 is 0. The van der Waals surface area contributed by atoms with E-state index >= 15 is 0 Å². The minimum Gasteiger partial charge on any atom is -0.356 e. The van der Waals surface area contributed by atoms with Crippen molar-refractivity contribution in [3.63, 3.8) is 0 Å². The van der Waals surface area contributed by atoms with Crippen molar-refractivity contribution >= 4 is 22.7 Å². The van der Waals surface area contributed by atoms with Crippen LogP contribution >= 0.6 is 0 Å². The molecule has 2 saturated heterocycles. The Balaban J connectivity index is 1.38. The third-order valence-electron chi connectivity index (χ3n) is 5.32. The Morgan fingerprint density at radius 2 is 1.88 bits per heavy atom. The van der Waals surface area contributed by atoms with Crippen LogP contribution in [0.5, 0.6) is 0 Å². The molecular weight excluding hydrogens is 302 g/mol. The fraction of sp³-hybridized carbons (Fsp3) is 0.412. The molecule has 2 aliphatic rings. The number of H-pyrrole nitrogens is 1. The summed E-state index contributed by atoms with van der Waals surface area (Å²) < 4.78 is 0. The SMILES string of the molecule is c1cc(N2CC3CCN(c4ncnc5[nH]ccc45)C[C@H]3C2)ncn1. The number of anilines is 2. The van der Waals surface area contributed by atoms with Gasteiger partial charge in [0, 0.05) is 38.6 Å². The Kier molecular flexibility index (Phi) is 3.11. The van der Waals surface area contributed by atoms with Crippen LogP contribution in [0.4, 0.5) is 11.6 Å². The molecule has 5 heterocycles. The molecule has 1 N–H and O–H groups in total. The minimum absolute atomic E-state index is 0.651. The number of nitrogens with zero attached hydrogens (tertiary/aromatic N) is 6. The largest absolute Gasteiger partial charge is 0.356 e. The fourth-order valence-corrected chi connectivity index (χ4v) is 4.13. The normalized spacial score (nSPS) is 23.7. The molecule has 0 aromatic carbocycles. The smallest absolute Gasteiger partial charge is 0.142 e. The van der Waals surface area contributed by atoms with Crippen molar-refractivity contribution in [2.24, 2.45) is 11.8 Å². The highest BCUT2D eigenvalue weighted by atomic mass is 15.3. The van der Waals surface area contributed by atoms with Crippen LogP contribution in [0.1, 0.15) is 6.42 Å². The Labute approximate surface area is 139 Å². The summed E-state index contributed by atoms with van der Waals surface area (Å²) in [5.41, 5.74) is 0.913. The number of aromatic nitrogens is 5. The summed E-state index contributed by atoms with van der Waals surface area (Å²) in [5.74, 6) is 3.48. The van der Waals surface area contributed by atoms with Gasteiger partial charge in [-0.2, -0.15) is 0 Å². The van der Waals surface area contributed by atoms with Crippen molar-refractivity contribution in [1.29, 1.82) is 0 Å². The van der Waals surface area contributed by atoms with Gasteiger partial charge in [0.25, 0.3) is 0 Å². The molecule has 2 atom stereocenters. The second kappa shape index (κ2) is 5.43.